The van der Waals surface area contributed by atoms with Crippen molar-refractivity contribution in [2.45, 2.75) is 51.1 Å². The summed E-state index contributed by atoms with van der Waals surface area (Å²) in [7, 11) is 0. The lowest BCUT2D eigenvalue weighted by atomic mass is 9.96. The first-order valence-corrected chi connectivity index (χ1v) is 7.93. The van der Waals surface area contributed by atoms with Crippen molar-refractivity contribution in [2.24, 2.45) is 5.92 Å². The van der Waals surface area contributed by atoms with Crippen molar-refractivity contribution in [3.8, 4) is 0 Å². The highest BCUT2D eigenvalue weighted by Crippen LogP contribution is 2.37. The molecule has 1 aliphatic heterocycles. The van der Waals surface area contributed by atoms with Crippen LogP contribution in [0, 0.1) is 5.92 Å². The fraction of sp³-hybridized carbons (Fsp3) is 0.529. The van der Waals surface area contributed by atoms with Gasteiger partial charge in [0.05, 0.1) is 6.04 Å². The molecule has 1 saturated carbocycles. The van der Waals surface area contributed by atoms with Gasteiger partial charge in [-0.25, -0.2) is 0 Å². The van der Waals surface area contributed by atoms with E-state index in [4.69, 9.17) is 4.52 Å². The zero-order valence-electron chi connectivity index (χ0n) is 12.4. The predicted molar refractivity (Wildman–Crippen MR) is 79.8 cm³/mol. The lowest BCUT2D eigenvalue weighted by Crippen LogP contribution is -2.28. The molecule has 0 amide bonds. The quantitative estimate of drug-likeness (QED) is 0.918. The Balaban J connectivity index is 1.52. The molecule has 4 nitrogen and oxygen atoms in total. The topological polar surface area (TPSA) is 51.0 Å². The first-order chi connectivity index (χ1) is 10.3. The summed E-state index contributed by atoms with van der Waals surface area (Å²) in [6.45, 7) is 3.18. The maximum Gasteiger partial charge on any atom is 0.244 e. The summed E-state index contributed by atoms with van der Waals surface area (Å²) in [6, 6.07) is 8.71. The molecule has 110 valence electrons. The largest absolute Gasteiger partial charge is 0.338 e. The lowest BCUT2D eigenvalue weighted by molar-refractivity contribution is 0.317. The van der Waals surface area contributed by atoms with Gasteiger partial charge in [-0.05, 0) is 42.7 Å². The van der Waals surface area contributed by atoms with Crippen LogP contribution < -0.4 is 5.32 Å². The maximum absolute atomic E-state index is 5.54. The van der Waals surface area contributed by atoms with E-state index in [-0.39, 0.29) is 6.04 Å². The molecule has 2 aromatic rings. The van der Waals surface area contributed by atoms with E-state index in [9.17, 15) is 0 Å². The summed E-state index contributed by atoms with van der Waals surface area (Å²) in [6.07, 6.45) is 4.60. The molecule has 21 heavy (non-hydrogen) atoms. The molecule has 1 aliphatic carbocycles. The minimum atomic E-state index is 0.153. The Labute approximate surface area is 124 Å². The van der Waals surface area contributed by atoms with Gasteiger partial charge in [-0.1, -0.05) is 36.3 Å². The maximum atomic E-state index is 5.54. The van der Waals surface area contributed by atoms with Crippen molar-refractivity contribution in [3.05, 3.63) is 47.1 Å². The molecule has 1 N–H and O–H groups in total. The summed E-state index contributed by atoms with van der Waals surface area (Å²) >= 11 is 0. The highest BCUT2D eigenvalue weighted by Gasteiger charge is 2.29. The molecule has 0 saturated heterocycles. The Morgan fingerprint density at radius 2 is 2.05 bits per heavy atom. The Hall–Kier alpha value is -1.68. The van der Waals surface area contributed by atoms with Gasteiger partial charge < -0.3 is 9.84 Å². The molecule has 1 fully saturated rings. The second-order valence-electron chi connectivity index (χ2n) is 6.51. The van der Waals surface area contributed by atoms with Crippen molar-refractivity contribution < 1.29 is 4.52 Å². The van der Waals surface area contributed by atoms with Crippen molar-refractivity contribution >= 4 is 0 Å². The van der Waals surface area contributed by atoms with E-state index in [1.165, 1.54) is 30.4 Å². The van der Waals surface area contributed by atoms with E-state index >= 15 is 0 Å². The van der Waals surface area contributed by atoms with Gasteiger partial charge in [0.1, 0.15) is 0 Å². The third-order valence-electron chi connectivity index (χ3n) is 4.90. The summed E-state index contributed by atoms with van der Waals surface area (Å²) in [5.41, 5.74) is 2.76. The molecule has 2 heterocycles. The molecule has 3 atom stereocenters. The smallest absolute Gasteiger partial charge is 0.244 e. The van der Waals surface area contributed by atoms with Crippen LogP contribution in [0.15, 0.2) is 28.8 Å². The van der Waals surface area contributed by atoms with Crippen molar-refractivity contribution in [3.63, 3.8) is 0 Å². The number of fused-ring (bicyclic) bond motifs is 1. The third-order valence-corrected chi connectivity index (χ3v) is 4.90. The number of hydrogen-bond donors (Lipinski definition) is 1. The van der Waals surface area contributed by atoms with Crippen LogP contribution in [0.25, 0.3) is 0 Å². The molecule has 4 rings (SSSR count). The Bertz CT molecular complexity index is 636. The number of aromatic nitrogens is 2. The minimum absolute atomic E-state index is 0.153. The zero-order valence-corrected chi connectivity index (χ0v) is 12.4. The van der Waals surface area contributed by atoms with Crippen LogP contribution in [0.3, 0.4) is 0 Å². The normalized spacial score (nSPS) is 28.5. The van der Waals surface area contributed by atoms with E-state index in [1.807, 2.05) is 0 Å². The molecule has 2 aliphatic rings. The predicted octanol–water partition coefficient (Wildman–Crippen LogP) is 3.36. The van der Waals surface area contributed by atoms with Gasteiger partial charge in [0.2, 0.25) is 5.89 Å². The number of rotatable bonds is 2. The SMILES string of the molecule is CC1CCC(c2noc(C3Cc4ccccc4CN3)n2)C1. The highest BCUT2D eigenvalue weighted by molar-refractivity contribution is 5.30. The van der Waals surface area contributed by atoms with E-state index < -0.39 is 0 Å². The van der Waals surface area contributed by atoms with Gasteiger partial charge in [0.15, 0.2) is 5.82 Å². The van der Waals surface area contributed by atoms with Crippen LogP contribution in [0.4, 0.5) is 0 Å². The molecular weight excluding hydrogens is 262 g/mol. The second kappa shape index (κ2) is 5.26. The Kier molecular flexibility index (Phi) is 3.26. The van der Waals surface area contributed by atoms with Crippen LogP contribution in [0.1, 0.15) is 61.0 Å². The van der Waals surface area contributed by atoms with Crippen LogP contribution in [-0.4, -0.2) is 10.1 Å². The minimum Gasteiger partial charge on any atom is -0.338 e. The van der Waals surface area contributed by atoms with Crippen molar-refractivity contribution in [1.29, 1.82) is 0 Å². The summed E-state index contributed by atoms with van der Waals surface area (Å²) in [5, 5.41) is 7.75. The summed E-state index contributed by atoms with van der Waals surface area (Å²) < 4.78 is 5.54. The molecule has 0 bridgehead atoms. The third kappa shape index (κ3) is 2.48. The molecule has 0 spiro atoms. The number of nitrogens with zero attached hydrogens (tertiary/aromatic N) is 2. The molecule has 0 radical (unpaired) electrons. The van der Waals surface area contributed by atoms with Crippen LogP contribution >= 0.6 is 0 Å². The van der Waals surface area contributed by atoms with E-state index in [2.05, 4.69) is 46.6 Å². The number of hydrogen-bond acceptors (Lipinski definition) is 4. The van der Waals surface area contributed by atoms with Gasteiger partial charge in [0.25, 0.3) is 0 Å². The van der Waals surface area contributed by atoms with Gasteiger partial charge in [-0.3, -0.25) is 0 Å². The second-order valence-corrected chi connectivity index (χ2v) is 6.51. The number of nitrogens with one attached hydrogen (secondary N) is 1. The Morgan fingerprint density at radius 1 is 1.19 bits per heavy atom. The molecule has 3 unspecified atom stereocenters. The number of benzene rings is 1. The first kappa shape index (κ1) is 13.0. The van der Waals surface area contributed by atoms with Crippen molar-refractivity contribution in [1.82, 2.24) is 15.5 Å². The first-order valence-electron chi connectivity index (χ1n) is 7.93. The standard InChI is InChI=1S/C17H21N3O/c1-11-6-7-13(8-11)16-19-17(21-20-16)15-9-12-4-2-3-5-14(12)10-18-15/h2-5,11,13,15,18H,6-10H2,1H3. The molecular formula is C17H21N3O. The average molecular weight is 283 g/mol. The molecule has 1 aromatic carbocycles. The van der Waals surface area contributed by atoms with E-state index in [0.29, 0.717) is 5.92 Å². The van der Waals surface area contributed by atoms with Gasteiger partial charge in [0, 0.05) is 12.5 Å². The van der Waals surface area contributed by atoms with E-state index in [0.717, 1.165) is 30.6 Å². The van der Waals surface area contributed by atoms with Crippen molar-refractivity contribution in [2.75, 3.05) is 0 Å². The summed E-state index contributed by atoms with van der Waals surface area (Å²) in [4.78, 5) is 4.68. The lowest BCUT2D eigenvalue weighted by Gasteiger charge is -2.23. The molecule has 4 heteroatoms. The van der Waals surface area contributed by atoms with E-state index in [1.54, 1.807) is 0 Å². The Morgan fingerprint density at radius 3 is 2.86 bits per heavy atom. The fourth-order valence-corrected chi connectivity index (χ4v) is 3.63. The fourth-order valence-electron chi connectivity index (χ4n) is 3.63. The van der Waals surface area contributed by atoms with Crippen LogP contribution in [0.5, 0.6) is 0 Å². The monoisotopic (exact) mass is 283 g/mol. The van der Waals surface area contributed by atoms with Crippen LogP contribution in [0.2, 0.25) is 0 Å². The van der Waals surface area contributed by atoms with Crippen LogP contribution in [-0.2, 0) is 13.0 Å². The average Bonchev–Trinajstić information content (AvgIpc) is 3.15. The van der Waals surface area contributed by atoms with Gasteiger partial charge in [-0.15, -0.1) is 0 Å². The molecule has 1 aromatic heterocycles. The summed E-state index contributed by atoms with van der Waals surface area (Å²) in [5.74, 6) is 2.94. The highest BCUT2D eigenvalue weighted by atomic mass is 16.5. The zero-order chi connectivity index (χ0) is 14.2. The van der Waals surface area contributed by atoms with Gasteiger partial charge in [-0.2, -0.15) is 4.98 Å². The van der Waals surface area contributed by atoms with Gasteiger partial charge >= 0.3 is 0 Å².